The molecule has 0 unspecified atom stereocenters. The molecular weight excluding hydrogens is 356 g/mol. The molecule has 1 aromatic carbocycles. The summed E-state index contributed by atoms with van der Waals surface area (Å²) >= 11 is 1.64. The summed E-state index contributed by atoms with van der Waals surface area (Å²) < 4.78 is 26.8. The van der Waals surface area contributed by atoms with E-state index in [-0.39, 0.29) is 0 Å². The first kappa shape index (κ1) is 17.1. The molecular formula is C18H19F2N5S. The fourth-order valence-corrected chi connectivity index (χ4v) is 3.98. The van der Waals surface area contributed by atoms with Crippen molar-refractivity contribution in [2.75, 3.05) is 31.1 Å². The van der Waals surface area contributed by atoms with Crippen molar-refractivity contribution in [1.82, 2.24) is 19.4 Å². The number of imidazole rings is 1. The van der Waals surface area contributed by atoms with Crippen LogP contribution in [0.3, 0.4) is 0 Å². The average Bonchev–Trinajstić information content (AvgIpc) is 3.33. The minimum Gasteiger partial charge on any atom is -0.346 e. The van der Waals surface area contributed by atoms with Gasteiger partial charge < -0.3 is 4.90 Å². The van der Waals surface area contributed by atoms with E-state index in [4.69, 9.17) is 4.98 Å². The van der Waals surface area contributed by atoms with Crippen molar-refractivity contribution < 1.29 is 8.78 Å². The number of anilines is 1. The van der Waals surface area contributed by atoms with Gasteiger partial charge in [0.15, 0.2) is 5.13 Å². The van der Waals surface area contributed by atoms with E-state index in [0.29, 0.717) is 12.4 Å². The van der Waals surface area contributed by atoms with Crippen molar-refractivity contribution in [3.63, 3.8) is 0 Å². The molecule has 0 amide bonds. The van der Waals surface area contributed by atoms with Crippen LogP contribution in [0.15, 0.2) is 48.1 Å². The predicted molar refractivity (Wildman–Crippen MR) is 98.5 cm³/mol. The number of halogens is 2. The Morgan fingerprint density at radius 2 is 1.85 bits per heavy atom. The van der Waals surface area contributed by atoms with Gasteiger partial charge in [0.25, 0.3) is 0 Å². The van der Waals surface area contributed by atoms with Crippen LogP contribution in [-0.2, 0) is 6.54 Å². The zero-order chi connectivity index (χ0) is 17.9. The van der Waals surface area contributed by atoms with Gasteiger partial charge in [-0.15, -0.1) is 11.3 Å². The summed E-state index contributed by atoms with van der Waals surface area (Å²) in [5.74, 6) is 0.411. The number of hydrogen-bond donors (Lipinski definition) is 0. The summed E-state index contributed by atoms with van der Waals surface area (Å²) in [6.07, 6.45) is 2.76. The molecule has 1 saturated heterocycles. The third-order valence-electron chi connectivity index (χ3n) is 4.53. The summed E-state index contributed by atoms with van der Waals surface area (Å²) in [4.78, 5) is 13.2. The van der Waals surface area contributed by atoms with Gasteiger partial charge in [0, 0.05) is 49.5 Å². The number of nitrogens with zero attached hydrogens (tertiary/aromatic N) is 5. The van der Waals surface area contributed by atoms with E-state index in [1.54, 1.807) is 11.3 Å². The maximum Gasteiger partial charge on any atom is 0.319 e. The number of aromatic nitrogens is 3. The zero-order valence-corrected chi connectivity index (χ0v) is 14.9. The van der Waals surface area contributed by atoms with Crippen molar-refractivity contribution in [3.05, 3.63) is 53.9 Å². The first-order chi connectivity index (χ1) is 12.7. The van der Waals surface area contributed by atoms with E-state index in [0.717, 1.165) is 47.1 Å². The number of piperazine rings is 1. The molecule has 1 aliphatic rings. The van der Waals surface area contributed by atoms with Crippen LogP contribution in [0.1, 0.15) is 12.4 Å². The molecule has 3 heterocycles. The molecule has 0 radical (unpaired) electrons. The highest BCUT2D eigenvalue weighted by atomic mass is 32.1. The number of alkyl halides is 2. The Balaban J connectivity index is 1.37. The van der Waals surface area contributed by atoms with Gasteiger partial charge in [-0.05, 0) is 0 Å². The van der Waals surface area contributed by atoms with Gasteiger partial charge in [-0.3, -0.25) is 9.47 Å². The molecule has 1 fully saturated rings. The van der Waals surface area contributed by atoms with Crippen LogP contribution in [0.4, 0.5) is 13.9 Å². The van der Waals surface area contributed by atoms with E-state index in [1.165, 1.54) is 12.4 Å². The van der Waals surface area contributed by atoms with Gasteiger partial charge in [-0.1, -0.05) is 30.3 Å². The molecule has 136 valence electrons. The number of rotatable bonds is 5. The SMILES string of the molecule is FC(F)n1ccnc1CN1CCN(c2nc(-c3ccccc3)cs2)CC1. The van der Waals surface area contributed by atoms with E-state index < -0.39 is 6.55 Å². The van der Waals surface area contributed by atoms with Crippen LogP contribution < -0.4 is 4.90 Å². The van der Waals surface area contributed by atoms with Crippen molar-refractivity contribution in [1.29, 1.82) is 0 Å². The Morgan fingerprint density at radius 1 is 1.08 bits per heavy atom. The third-order valence-corrected chi connectivity index (χ3v) is 5.43. The Kier molecular flexibility index (Phi) is 4.94. The molecule has 0 N–H and O–H groups in total. The topological polar surface area (TPSA) is 37.2 Å². The first-order valence-corrected chi connectivity index (χ1v) is 9.37. The molecule has 8 heteroatoms. The van der Waals surface area contributed by atoms with Gasteiger partial charge in [0.05, 0.1) is 12.2 Å². The van der Waals surface area contributed by atoms with Crippen LogP contribution >= 0.6 is 11.3 Å². The Morgan fingerprint density at radius 3 is 2.58 bits per heavy atom. The van der Waals surface area contributed by atoms with Crippen molar-refractivity contribution in [2.45, 2.75) is 13.1 Å². The summed E-state index contributed by atoms with van der Waals surface area (Å²) in [5.41, 5.74) is 2.11. The maximum atomic E-state index is 12.9. The van der Waals surface area contributed by atoms with Crippen LogP contribution in [-0.4, -0.2) is 45.6 Å². The molecule has 0 atom stereocenters. The Hall–Kier alpha value is -2.32. The smallest absolute Gasteiger partial charge is 0.319 e. The zero-order valence-electron chi connectivity index (χ0n) is 14.1. The average molecular weight is 375 g/mol. The van der Waals surface area contributed by atoms with Gasteiger partial charge in [-0.2, -0.15) is 8.78 Å². The normalized spacial score (nSPS) is 15.7. The van der Waals surface area contributed by atoms with Gasteiger partial charge in [0.2, 0.25) is 0 Å². The fraction of sp³-hybridized carbons (Fsp3) is 0.333. The predicted octanol–water partition coefficient (Wildman–Crippen LogP) is 3.72. The first-order valence-electron chi connectivity index (χ1n) is 8.49. The molecule has 26 heavy (non-hydrogen) atoms. The van der Waals surface area contributed by atoms with Crippen LogP contribution in [0.2, 0.25) is 0 Å². The lowest BCUT2D eigenvalue weighted by molar-refractivity contribution is 0.0637. The van der Waals surface area contributed by atoms with E-state index >= 15 is 0 Å². The Labute approximate surface area is 154 Å². The number of hydrogen-bond acceptors (Lipinski definition) is 5. The molecule has 3 aromatic rings. The summed E-state index contributed by atoms with van der Waals surface area (Å²) in [5, 5.41) is 3.09. The second kappa shape index (κ2) is 7.51. The second-order valence-corrected chi connectivity index (χ2v) is 7.01. The lowest BCUT2D eigenvalue weighted by Crippen LogP contribution is -2.46. The fourth-order valence-electron chi connectivity index (χ4n) is 3.09. The molecule has 0 saturated carbocycles. The largest absolute Gasteiger partial charge is 0.346 e. The number of thiazole rings is 1. The van der Waals surface area contributed by atoms with Gasteiger partial charge in [-0.25, -0.2) is 9.97 Å². The molecule has 0 spiro atoms. The van der Waals surface area contributed by atoms with E-state index in [2.05, 4.69) is 32.3 Å². The molecule has 1 aliphatic heterocycles. The van der Waals surface area contributed by atoms with E-state index in [1.807, 2.05) is 18.2 Å². The minimum atomic E-state index is -2.54. The monoisotopic (exact) mass is 375 g/mol. The van der Waals surface area contributed by atoms with Gasteiger partial charge >= 0.3 is 6.55 Å². The molecule has 0 bridgehead atoms. The summed E-state index contributed by atoms with van der Waals surface area (Å²) in [7, 11) is 0. The molecule has 2 aromatic heterocycles. The summed E-state index contributed by atoms with van der Waals surface area (Å²) in [6.45, 7) is 1.17. The summed E-state index contributed by atoms with van der Waals surface area (Å²) in [6, 6.07) is 10.1. The number of benzene rings is 1. The highest BCUT2D eigenvalue weighted by Gasteiger charge is 2.22. The van der Waals surface area contributed by atoms with Crippen molar-refractivity contribution in [3.8, 4) is 11.3 Å². The lowest BCUT2D eigenvalue weighted by atomic mass is 10.2. The van der Waals surface area contributed by atoms with Crippen molar-refractivity contribution >= 4 is 16.5 Å². The van der Waals surface area contributed by atoms with Crippen LogP contribution in [0, 0.1) is 0 Å². The third kappa shape index (κ3) is 3.61. The molecule has 4 rings (SSSR count). The highest BCUT2D eigenvalue weighted by molar-refractivity contribution is 7.14. The standard InChI is InChI=1S/C18H19F2N5S/c19-17(20)25-7-6-21-16(25)12-23-8-10-24(11-9-23)18-22-15(13-26-18)14-4-2-1-3-5-14/h1-7,13,17H,8-12H2. The minimum absolute atomic E-state index is 0.411. The molecule has 5 nitrogen and oxygen atoms in total. The lowest BCUT2D eigenvalue weighted by Gasteiger charge is -2.34. The second-order valence-electron chi connectivity index (χ2n) is 6.17. The Bertz CT molecular complexity index is 840. The van der Waals surface area contributed by atoms with Crippen molar-refractivity contribution in [2.24, 2.45) is 0 Å². The van der Waals surface area contributed by atoms with E-state index in [9.17, 15) is 8.78 Å². The van der Waals surface area contributed by atoms with Crippen LogP contribution in [0.25, 0.3) is 11.3 Å². The quantitative estimate of drug-likeness (QED) is 0.681. The maximum absolute atomic E-state index is 12.9. The van der Waals surface area contributed by atoms with Gasteiger partial charge in [0.1, 0.15) is 5.82 Å². The molecule has 0 aliphatic carbocycles. The highest BCUT2D eigenvalue weighted by Crippen LogP contribution is 2.28. The van der Waals surface area contributed by atoms with Crippen LogP contribution in [0.5, 0.6) is 0 Å².